The highest BCUT2D eigenvalue weighted by atomic mass is 32.1. The van der Waals surface area contributed by atoms with Crippen LogP contribution in [0.3, 0.4) is 0 Å². The molecule has 1 aliphatic rings. The summed E-state index contributed by atoms with van der Waals surface area (Å²) in [4.78, 5) is 8.12. The van der Waals surface area contributed by atoms with Crippen LogP contribution in [0.5, 0.6) is 0 Å². The average molecular weight is 293 g/mol. The fraction of sp³-hybridized carbons (Fsp3) is 0.429. The highest BCUT2D eigenvalue weighted by molar-refractivity contribution is 7.08. The molecule has 2 heterocycles. The van der Waals surface area contributed by atoms with Crippen LogP contribution in [0.4, 0.5) is 10.3 Å². The van der Waals surface area contributed by atoms with Crippen LogP contribution in [0, 0.1) is 11.7 Å². The van der Waals surface area contributed by atoms with Crippen molar-refractivity contribution in [2.75, 3.05) is 11.9 Å². The summed E-state index contributed by atoms with van der Waals surface area (Å²) in [6.45, 7) is 2.17. The normalized spacial score (nSPS) is 17.8. The number of thiophene rings is 1. The van der Waals surface area contributed by atoms with Crippen molar-refractivity contribution in [3.8, 4) is 11.3 Å². The molecule has 2 aromatic heterocycles. The monoisotopic (exact) mass is 293 g/mol. The van der Waals surface area contributed by atoms with E-state index >= 15 is 0 Å². The van der Waals surface area contributed by atoms with Gasteiger partial charge < -0.3 is 10.4 Å². The summed E-state index contributed by atoms with van der Waals surface area (Å²) in [7, 11) is 0. The van der Waals surface area contributed by atoms with E-state index in [1.54, 1.807) is 6.92 Å². The first-order valence-electron chi connectivity index (χ1n) is 6.57. The van der Waals surface area contributed by atoms with Gasteiger partial charge in [0.25, 0.3) is 0 Å². The maximum absolute atomic E-state index is 13.7. The minimum Gasteiger partial charge on any atom is -0.388 e. The van der Waals surface area contributed by atoms with E-state index in [2.05, 4.69) is 15.3 Å². The molecule has 6 heteroatoms. The molecule has 0 radical (unpaired) electrons. The minimum absolute atomic E-state index is 0.287. The van der Waals surface area contributed by atoms with Crippen molar-refractivity contribution < 1.29 is 9.50 Å². The molecule has 1 fully saturated rings. The van der Waals surface area contributed by atoms with Gasteiger partial charge in [-0.2, -0.15) is 11.3 Å². The van der Waals surface area contributed by atoms with E-state index in [-0.39, 0.29) is 5.69 Å². The number of hydrogen-bond acceptors (Lipinski definition) is 5. The predicted octanol–water partition coefficient (Wildman–Crippen LogP) is 2.92. The first-order chi connectivity index (χ1) is 9.56. The fourth-order valence-electron chi connectivity index (χ4n) is 2.16. The van der Waals surface area contributed by atoms with Gasteiger partial charge in [0.1, 0.15) is 5.69 Å². The SMILES string of the molecule is CC(O)(CNc1ncc(F)c(-c2ccsc2)n1)C1CC1. The van der Waals surface area contributed by atoms with Crippen molar-refractivity contribution >= 4 is 17.3 Å². The summed E-state index contributed by atoms with van der Waals surface area (Å²) in [5.41, 5.74) is 0.266. The van der Waals surface area contributed by atoms with Crippen LogP contribution in [0.25, 0.3) is 11.3 Å². The molecule has 1 saturated carbocycles. The van der Waals surface area contributed by atoms with Crippen LogP contribution in [0.1, 0.15) is 19.8 Å². The molecule has 2 N–H and O–H groups in total. The second-order valence-electron chi connectivity index (χ2n) is 5.39. The summed E-state index contributed by atoms with van der Waals surface area (Å²) >= 11 is 1.49. The average Bonchev–Trinajstić information content (AvgIpc) is 3.16. The Morgan fingerprint density at radius 1 is 1.55 bits per heavy atom. The number of aromatic nitrogens is 2. The molecule has 20 heavy (non-hydrogen) atoms. The molecular weight excluding hydrogens is 277 g/mol. The second kappa shape index (κ2) is 5.10. The number of anilines is 1. The van der Waals surface area contributed by atoms with Crippen LogP contribution in [0.15, 0.2) is 23.0 Å². The molecule has 1 aliphatic carbocycles. The number of rotatable bonds is 5. The molecule has 1 atom stereocenters. The van der Waals surface area contributed by atoms with Crippen molar-refractivity contribution in [3.63, 3.8) is 0 Å². The predicted molar refractivity (Wildman–Crippen MR) is 77.1 cm³/mol. The van der Waals surface area contributed by atoms with Gasteiger partial charge in [-0.05, 0) is 37.1 Å². The van der Waals surface area contributed by atoms with Crippen LogP contribution >= 0.6 is 11.3 Å². The van der Waals surface area contributed by atoms with Gasteiger partial charge in [0.2, 0.25) is 5.95 Å². The first kappa shape index (κ1) is 13.5. The smallest absolute Gasteiger partial charge is 0.223 e. The number of hydrogen-bond donors (Lipinski definition) is 2. The van der Waals surface area contributed by atoms with Gasteiger partial charge in [-0.15, -0.1) is 0 Å². The van der Waals surface area contributed by atoms with Crippen LogP contribution < -0.4 is 5.32 Å². The van der Waals surface area contributed by atoms with Gasteiger partial charge in [-0.1, -0.05) is 0 Å². The van der Waals surface area contributed by atoms with Gasteiger partial charge in [-0.3, -0.25) is 0 Å². The zero-order valence-corrected chi connectivity index (χ0v) is 12.0. The quantitative estimate of drug-likeness (QED) is 0.890. The third-order valence-electron chi connectivity index (χ3n) is 3.60. The van der Waals surface area contributed by atoms with Gasteiger partial charge >= 0.3 is 0 Å². The Bertz CT molecular complexity index is 596. The zero-order valence-electron chi connectivity index (χ0n) is 11.1. The van der Waals surface area contributed by atoms with Crippen molar-refractivity contribution in [1.82, 2.24) is 9.97 Å². The molecule has 4 nitrogen and oxygen atoms in total. The molecule has 2 aromatic rings. The highest BCUT2D eigenvalue weighted by Gasteiger charge is 2.39. The summed E-state index contributed by atoms with van der Waals surface area (Å²) in [6.07, 6.45) is 3.27. The Kier molecular flexibility index (Phi) is 3.43. The summed E-state index contributed by atoms with van der Waals surface area (Å²) in [5.74, 6) is 0.239. The lowest BCUT2D eigenvalue weighted by molar-refractivity contribution is 0.0501. The number of halogens is 1. The molecule has 0 spiro atoms. The van der Waals surface area contributed by atoms with Crippen LogP contribution in [-0.4, -0.2) is 27.2 Å². The molecule has 0 aliphatic heterocycles. The van der Waals surface area contributed by atoms with Gasteiger partial charge in [-0.25, -0.2) is 14.4 Å². The van der Waals surface area contributed by atoms with Crippen molar-refractivity contribution in [3.05, 3.63) is 28.8 Å². The molecule has 3 rings (SSSR count). The fourth-order valence-corrected chi connectivity index (χ4v) is 2.80. The topological polar surface area (TPSA) is 58.0 Å². The Hall–Kier alpha value is -1.53. The van der Waals surface area contributed by atoms with E-state index in [4.69, 9.17) is 0 Å². The maximum atomic E-state index is 13.7. The summed E-state index contributed by atoms with van der Waals surface area (Å²) in [6, 6.07) is 1.82. The second-order valence-corrected chi connectivity index (χ2v) is 6.17. The van der Waals surface area contributed by atoms with E-state index in [1.807, 2.05) is 16.8 Å². The van der Waals surface area contributed by atoms with Crippen LogP contribution in [0.2, 0.25) is 0 Å². The minimum atomic E-state index is -0.764. The third kappa shape index (κ3) is 2.81. The van der Waals surface area contributed by atoms with Gasteiger partial charge in [0, 0.05) is 17.5 Å². The highest BCUT2D eigenvalue weighted by Crippen LogP contribution is 2.39. The number of nitrogens with one attached hydrogen (secondary N) is 1. The zero-order chi connectivity index (χ0) is 14.2. The molecular formula is C14H16FN3OS. The van der Waals surface area contributed by atoms with Gasteiger partial charge in [0.15, 0.2) is 5.82 Å². The van der Waals surface area contributed by atoms with Crippen molar-refractivity contribution in [2.45, 2.75) is 25.4 Å². The van der Waals surface area contributed by atoms with E-state index in [0.29, 0.717) is 18.4 Å². The standard InChI is InChI=1S/C14H16FN3OS/c1-14(19,10-2-3-10)8-17-13-16-6-11(15)12(18-13)9-4-5-20-7-9/h4-7,10,19H,2-3,8H2,1H3,(H,16,17,18). The number of nitrogens with zero attached hydrogens (tertiary/aromatic N) is 2. The summed E-state index contributed by atoms with van der Waals surface area (Å²) in [5, 5.41) is 17.0. The molecule has 0 saturated heterocycles. The Morgan fingerprint density at radius 3 is 3.00 bits per heavy atom. The third-order valence-corrected chi connectivity index (χ3v) is 4.28. The Balaban J connectivity index is 1.76. The lowest BCUT2D eigenvalue weighted by atomic mass is 10.0. The summed E-state index contributed by atoms with van der Waals surface area (Å²) < 4.78 is 13.7. The molecule has 1 unspecified atom stereocenters. The first-order valence-corrected chi connectivity index (χ1v) is 7.52. The molecule has 0 bridgehead atoms. The van der Waals surface area contributed by atoms with E-state index < -0.39 is 11.4 Å². The Labute approximate surface area is 120 Å². The molecule has 0 amide bonds. The van der Waals surface area contributed by atoms with E-state index in [9.17, 15) is 9.50 Å². The van der Waals surface area contributed by atoms with Gasteiger partial charge in [0.05, 0.1) is 11.8 Å². The number of aliphatic hydroxyl groups is 1. The van der Waals surface area contributed by atoms with Crippen molar-refractivity contribution in [1.29, 1.82) is 0 Å². The largest absolute Gasteiger partial charge is 0.388 e. The lowest BCUT2D eigenvalue weighted by Crippen LogP contribution is -2.36. The van der Waals surface area contributed by atoms with E-state index in [0.717, 1.165) is 24.6 Å². The van der Waals surface area contributed by atoms with Crippen LogP contribution in [-0.2, 0) is 0 Å². The maximum Gasteiger partial charge on any atom is 0.223 e. The van der Waals surface area contributed by atoms with Crippen molar-refractivity contribution in [2.24, 2.45) is 5.92 Å². The Morgan fingerprint density at radius 2 is 2.35 bits per heavy atom. The molecule has 106 valence electrons. The van der Waals surface area contributed by atoms with E-state index in [1.165, 1.54) is 11.3 Å². The molecule has 0 aromatic carbocycles. The lowest BCUT2D eigenvalue weighted by Gasteiger charge is -2.23.